The van der Waals surface area contributed by atoms with Crippen molar-refractivity contribution in [2.75, 3.05) is 6.61 Å². The molecule has 0 aromatic rings. The number of hydrogen-bond donors (Lipinski definition) is 0. The Balaban J connectivity index is 2.29. The number of ether oxygens (including phenoxy) is 2. The van der Waals surface area contributed by atoms with Crippen LogP contribution in [0.5, 0.6) is 0 Å². The Morgan fingerprint density at radius 1 is 1.60 bits per heavy atom. The van der Waals surface area contributed by atoms with Crippen molar-refractivity contribution in [2.24, 2.45) is 0 Å². The van der Waals surface area contributed by atoms with Gasteiger partial charge in [0.15, 0.2) is 5.79 Å². The first kappa shape index (κ1) is 8.02. The molecule has 0 N–H and O–H groups in total. The van der Waals surface area contributed by atoms with Gasteiger partial charge in [-0.1, -0.05) is 13.3 Å². The lowest BCUT2D eigenvalue weighted by Gasteiger charge is -2.16. The van der Waals surface area contributed by atoms with Gasteiger partial charge < -0.3 is 9.47 Å². The highest BCUT2D eigenvalue weighted by atomic mass is 16.7. The molecule has 59 valence electrons. The molecule has 1 aliphatic rings. The minimum absolute atomic E-state index is 0.208. The minimum atomic E-state index is -0.365. The summed E-state index contributed by atoms with van der Waals surface area (Å²) in [5, 5.41) is 0. The fourth-order valence-corrected chi connectivity index (χ4v) is 1.09. The molecule has 0 bridgehead atoms. The Morgan fingerprint density at radius 2 is 2.30 bits per heavy atom. The summed E-state index contributed by atoms with van der Waals surface area (Å²) in [5.41, 5.74) is 0. The van der Waals surface area contributed by atoms with Crippen LogP contribution < -0.4 is 0 Å². The maximum Gasteiger partial charge on any atom is 0.163 e. The first-order valence-electron chi connectivity index (χ1n) is 3.79. The van der Waals surface area contributed by atoms with Crippen molar-refractivity contribution in [3.8, 4) is 0 Å². The predicted octanol–water partition coefficient (Wildman–Crippen LogP) is 1.75. The number of rotatable bonds is 2. The molecule has 0 amide bonds. The van der Waals surface area contributed by atoms with E-state index in [-0.39, 0.29) is 11.9 Å². The quantitative estimate of drug-likeness (QED) is 0.586. The zero-order chi connectivity index (χ0) is 7.61. The largest absolute Gasteiger partial charge is 0.348 e. The summed E-state index contributed by atoms with van der Waals surface area (Å²) in [6.45, 7) is 6.70. The van der Waals surface area contributed by atoms with Crippen molar-refractivity contribution in [2.45, 2.75) is 39.1 Å². The van der Waals surface area contributed by atoms with Crippen LogP contribution in [0.1, 0.15) is 27.2 Å². The zero-order valence-corrected chi connectivity index (χ0v) is 6.89. The van der Waals surface area contributed by atoms with Crippen molar-refractivity contribution in [1.29, 1.82) is 0 Å². The fraction of sp³-hybridized carbons (Fsp3) is 0.875. The monoisotopic (exact) mass is 143 g/mol. The molecule has 0 aromatic carbocycles. The molecule has 0 saturated carbocycles. The van der Waals surface area contributed by atoms with Gasteiger partial charge in [0.05, 0.1) is 12.7 Å². The Bertz CT molecular complexity index is 110. The summed E-state index contributed by atoms with van der Waals surface area (Å²) >= 11 is 0. The van der Waals surface area contributed by atoms with E-state index in [1.807, 2.05) is 13.8 Å². The van der Waals surface area contributed by atoms with Gasteiger partial charge in [-0.2, -0.15) is 0 Å². The summed E-state index contributed by atoms with van der Waals surface area (Å²) in [7, 11) is 0. The van der Waals surface area contributed by atoms with Crippen molar-refractivity contribution >= 4 is 0 Å². The van der Waals surface area contributed by atoms with E-state index in [0.717, 1.165) is 6.42 Å². The molecule has 1 saturated heterocycles. The summed E-state index contributed by atoms with van der Waals surface area (Å²) in [4.78, 5) is 0. The van der Waals surface area contributed by atoms with E-state index in [4.69, 9.17) is 9.47 Å². The molecule has 0 aliphatic carbocycles. The van der Waals surface area contributed by atoms with Crippen molar-refractivity contribution in [3.63, 3.8) is 0 Å². The summed E-state index contributed by atoms with van der Waals surface area (Å²) < 4.78 is 10.9. The average Bonchev–Trinajstić information content (AvgIpc) is 2.12. The summed E-state index contributed by atoms with van der Waals surface area (Å²) in [5.74, 6) is -0.365. The maximum absolute atomic E-state index is 5.51. The Hall–Kier alpha value is -0.0800. The summed E-state index contributed by atoms with van der Waals surface area (Å²) in [6, 6.07) is 0. The van der Waals surface area contributed by atoms with Gasteiger partial charge in [0.1, 0.15) is 0 Å². The molecule has 1 radical (unpaired) electrons. The van der Waals surface area contributed by atoms with Gasteiger partial charge in [0, 0.05) is 0 Å². The Labute approximate surface area is 62.5 Å². The van der Waals surface area contributed by atoms with E-state index in [0.29, 0.717) is 6.61 Å². The lowest BCUT2D eigenvalue weighted by atomic mass is 10.2. The molecule has 1 fully saturated rings. The molecule has 2 heteroatoms. The van der Waals surface area contributed by atoms with Gasteiger partial charge in [0.2, 0.25) is 0 Å². The first-order valence-corrected chi connectivity index (χ1v) is 3.79. The second-order valence-corrected chi connectivity index (χ2v) is 3.01. The molecule has 0 spiro atoms. The van der Waals surface area contributed by atoms with Crippen LogP contribution in [0.2, 0.25) is 0 Å². The van der Waals surface area contributed by atoms with Gasteiger partial charge >= 0.3 is 0 Å². The molecule has 0 aromatic heterocycles. The third kappa shape index (κ3) is 1.96. The lowest BCUT2D eigenvalue weighted by molar-refractivity contribution is -0.134. The van der Waals surface area contributed by atoms with Crippen LogP contribution in [-0.2, 0) is 9.47 Å². The molecule has 1 atom stereocenters. The SMILES string of the molecule is CC[CH]C1COC(C)(C)O1. The standard InChI is InChI=1S/C8H15O2/c1-4-5-7-6-9-8(2,3)10-7/h5,7H,4,6H2,1-3H3. The molecule has 1 rings (SSSR count). The topological polar surface area (TPSA) is 18.5 Å². The van der Waals surface area contributed by atoms with E-state index in [1.165, 1.54) is 0 Å². The van der Waals surface area contributed by atoms with Crippen LogP contribution in [0.15, 0.2) is 0 Å². The molecular formula is C8H15O2. The van der Waals surface area contributed by atoms with Crippen LogP contribution in [0.3, 0.4) is 0 Å². The van der Waals surface area contributed by atoms with Crippen LogP contribution in [0, 0.1) is 6.42 Å². The highest BCUT2D eigenvalue weighted by molar-refractivity contribution is 4.81. The summed E-state index contributed by atoms with van der Waals surface area (Å²) in [6.07, 6.45) is 3.39. The fourth-order valence-electron chi connectivity index (χ4n) is 1.09. The third-order valence-electron chi connectivity index (χ3n) is 1.53. The Morgan fingerprint density at radius 3 is 2.70 bits per heavy atom. The smallest absolute Gasteiger partial charge is 0.163 e. The maximum atomic E-state index is 5.51. The van der Waals surface area contributed by atoms with Gasteiger partial charge in [-0.15, -0.1) is 0 Å². The third-order valence-corrected chi connectivity index (χ3v) is 1.53. The van der Waals surface area contributed by atoms with E-state index >= 15 is 0 Å². The molecular weight excluding hydrogens is 128 g/mol. The van der Waals surface area contributed by atoms with Crippen LogP contribution >= 0.6 is 0 Å². The first-order chi connectivity index (χ1) is 4.64. The number of hydrogen-bond acceptors (Lipinski definition) is 2. The van der Waals surface area contributed by atoms with Gasteiger partial charge in [-0.3, -0.25) is 0 Å². The second kappa shape index (κ2) is 2.89. The van der Waals surface area contributed by atoms with Gasteiger partial charge in [-0.25, -0.2) is 0 Å². The predicted molar refractivity (Wildman–Crippen MR) is 39.5 cm³/mol. The van der Waals surface area contributed by atoms with Crippen molar-refractivity contribution < 1.29 is 9.47 Å². The zero-order valence-electron chi connectivity index (χ0n) is 6.89. The van der Waals surface area contributed by atoms with E-state index in [1.54, 1.807) is 0 Å². The highest BCUT2D eigenvalue weighted by Gasteiger charge is 2.31. The second-order valence-electron chi connectivity index (χ2n) is 3.01. The highest BCUT2D eigenvalue weighted by Crippen LogP contribution is 2.23. The average molecular weight is 143 g/mol. The van der Waals surface area contributed by atoms with E-state index < -0.39 is 0 Å². The normalized spacial score (nSPS) is 30.9. The van der Waals surface area contributed by atoms with Crippen LogP contribution in [0.25, 0.3) is 0 Å². The molecule has 10 heavy (non-hydrogen) atoms. The lowest BCUT2D eigenvalue weighted by Crippen LogP contribution is -2.21. The van der Waals surface area contributed by atoms with Crippen LogP contribution in [0.4, 0.5) is 0 Å². The molecule has 1 heterocycles. The minimum Gasteiger partial charge on any atom is -0.348 e. The van der Waals surface area contributed by atoms with Crippen molar-refractivity contribution in [3.05, 3.63) is 6.42 Å². The molecule has 2 nitrogen and oxygen atoms in total. The van der Waals surface area contributed by atoms with Gasteiger partial charge in [0.25, 0.3) is 0 Å². The van der Waals surface area contributed by atoms with E-state index in [2.05, 4.69) is 13.3 Å². The van der Waals surface area contributed by atoms with Crippen molar-refractivity contribution in [1.82, 2.24) is 0 Å². The Kier molecular flexibility index (Phi) is 2.32. The molecule has 1 aliphatic heterocycles. The van der Waals surface area contributed by atoms with Crippen LogP contribution in [-0.4, -0.2) is 18.5 Å². The van der Waals surface area contributed by atoms with Gasteiger partial charge in [-0.05, 0) is 20.3 Å². The van der Waals surface area contributed by atoms with E-state index in [9.17, 15) is 0 Å². The molecule has 1 unspecified atom stereocenters.